The Bertz CT molecular complexity index is 1080. The average molecular weight is 454 g/mol. The highest BCUT2D eigenvalue weighted by Gasteiger charge is 2.43. The van der Waals surface area contributed by atoms with Gasteiger partial charge >= 0.3 is 6.18 Å². The predicted octanol–water partition coefficient (Wildman–Crippen LogP) is 6.54. The van der Waals surface area contributed by atoms with Crippen LogP contribution in [0.4, 0.5) is 18.9 Å². The number of anilines is 1. The van der Waals surface area contributed by atoms with Crippen molar-refractivity contribution in [2.75, 3.05) is 4.90 Å². The molecule has 1 heterocycles. The van der Waals surface area contributed by atoms with Crippen LogP contribution >= 0.6 is 23.2 Å². The van der Waals surface area contributed by atoms with E-state index >= 15 is 0 Å². The fourth-order valence-corrected chi connectivity index (χ4v) is 4.64. The first-order valence-corrected chi connectivity index (χ1v) is 10.1. The summed E-state index contributed by atoms with van der Waals surface area (Å²) in [6, 6.07) is 9.93. The van der Waals surface area contributed by atoms with Gasteiger partial charge in [0.2, 0.25) is 5.91 Å². The lowest BCUT2D eigenvalue weighted by atomic mass is 9.76. The molecule has 0 N–H and O–H groups in total. The lowest BCUT2D eigenvalue weighted by Gasteiger charge is -2.39. The van der Waals surface area contributed by atoms with E-state index in [-0.39, 0.29) is 39.8 Å². The molecule has 0 radical (unpaired) electrons. The molecule has 1 aliphatic carbocycles. The summed E-state index contributed by atoms with van der Waals surface area (Å²) in [5.74, 6) is -1.61. The molecule has 2 aromatic rings. The standard InChI is InChI=1S/C22H16Cl2F3NO2/c23-15-7-3-9-17(21(15)24)28-16-8-4-10-18(29)20(16)13(11-19(28)30)12-5-1-2-6-14(12)22(25,26)27/h1-3,5-7,9,13H,4,8,10-11H2. The molecule has 1 amide bonds. The minimum atomic E-state index is -4.59. The van der Waals surface area contributed by atoms with Crippen molar-refractivity contribution in [2.24, 2.45) is 0 Å². The summed E-state index contributed by atoms with van der Waals surface area (Å²) in [5.41, 5.74) is 0.112. The lowest BCUT2D eigenvalue weighted by molar-refractivity contribution is -0.138. The van der Waals surface area contributed by atoms with Gasteiger partial charge in [-0.05, 0) is 36.6 Å². The van der Waals surface area contributed by atoms with Crippen LogP contribution in [-0.2, 0) is 15.8 Å². The summed E-state index contributed by atoms with van der Waals surface area (Å²) in [6.07, 6.45) is -3.73. The fourth-order valence-electron chi connectivity index (χ4n) is 4.26. The largest absolute Gasteiger partial charge is 0.416 e. The number of hydrogen-bond acceptors (Lipinski definition) is 2. The molecule has 2 aromatic carbocycles. The van der Waals surface area contributed by atoms with Crippen molar-refractivity contribution in [3.05, 3.63) is 74.9 Å². The number of rotatable bonds is 2. The van der Waals surface area contributed by atoms with Gasteiger partial charge in [0.1, 0.15) is 0 Å². The van der Waals surface area contributed by atoms with E-state index in [1.807, 2.05) is 0 Å². The molecular weight excluding hydrogens is 438 g/mol. The van der Waals surface area contributed by atoms with Gasteiger partial charge in [0.15, 0.2) is 5.78 Å². The van der Waals surface area contributed by atoms with E-state index in [0.717, 1.165) is 6.07 Å². The topological polar surface area (TPSA) is 37.4 Å². The SMILES string of the molecule is O=C1CCCC2=C1C(c1ccccc1C(F)(F)F)CC(=O)N2c1cccc(Cl)c1Cl. The zero-order chi connectivity index (χ0) is 21.6. The number of amides is 1. The van der Waals surface area contributed by atoms with Gasteiger partial charge in [-0.1, -0.05) is 47.5 Å². The molecule has 0 saturated heterocycles. The molecule has 0 fully saturated rings. The Morgan fingerprint density at radius 1 is 0.967 bits per heavy atom. The second-order valence-corrected chi connectivity index (χ2v) is 8.07. The third kappa shape index (κ3) is 3.52. The molecule has 4 rings (SSSR count). The third-order valence-corrected chi connectivity index (χ3v) is 6.30. The van der Waals surface area contributed by atoms with E-state index in [1.54, 1.807) is 18.2 Å². The summed E-state index contributed by atoms with van der Waals surface area (Å²) in [4.78, 5) is 27.4. The fraction of sp³-hybridized carbons (Fsp3) is 0.273. The van der Waals surface area contributed by atoms with Crippen molar-refractivity contribution in [1.29, 1.82) is 0 Å². The van der Waals surface area contributed by atoms with Crippen LogP contribution in [0, 0.1) is 0 Å². The Labute approximate surface area is 181 Å². The molecule has 30 heavy (non-hydrogen) atoms. The second-order valence-electron chi connectivity index (χ2n) is 7.28. The maximum absolute atomic E-state index is 13.6. The smallest absolute Gasteiger partial charge is 0.294 e. The highest BCUT2D eigenvalue weighted by molar-refractivity contribution is 6.44. The minimum Gasteiger partial charge on any atom is -0.294 e. The minimum absolute atomic E-state index is 0.0575. The lowest BCUT2D eigenvalue weighted by Crippen LogP contribution is -2.41. The summed E-state index contributed by atoms with van der Waals surface area (Å²) < 4.78 is 40.9. The van der Waals surface area contributed by atoms with E-state index in [1.165, 1.54) is 23.1 Å². The van der Waals surface area contributed by atoms with Gasteiger partial charge in [0.05, 0.1) is 21.3 Å². The molecule has 8 heteroatoms. The molecular formula is C22H16Cl2F3NO2. The predicted molar refractivity (Wildman–Crippen MR) is 109 cm³/mol. The number of ketones is 1. The van der Waals surface area contributed by atoms with Gasteiger partial charge in [0.25, 0.3) is 0 Å². The first-order chi connectivity index (χ1) is 14.2. The number of allylic oxidation sites excluding steroid dienone is 2. The van der Waals surface area contributed by atoms with Crippen LogP contribution in [-0.4, -0.2) is 11.7 Å². The molecule has 3 nitrogen and oxygen atoms in total. The summed E-state index contributed by atoms with van der Waals surface area (Å²) in [5, 5.41) is 0.405. The first kappa shape index (κ1) is 20.9. The molecule has 0 saturated carbocycles. The van der Waals surface area contributed by atoms with Crippen molar-refractivity contribution in [3.8, 4) is 0 Å². The molecule has 0 bridgehead atoms. The van der Waals surface area contributed by atoms with Crippen LogP contribution in [0.5, 0.6) is 0 Å². The van der Waals surface area contributed by atoms with E-state index in [2.05, 4.69) is 0 Å². The van der Waals surface area contributed by atoms with Crippen LogP contribution in [0.2, 0.25) is 10.0 Å². The molecule has 1 atom stereocenters. The van der Waals surface area contributed by atoms with Crippen molar-refractivity contribution in [1.82, 2.24) is 0 Å². The van der Waals surface area contributed by atoms with Crippen LogP contribution < -0.4 is 4.90 Å². The highest BCUT2D eigenvalue weighted by atomic mass is 35.5. The monoisotopic (exact) mass is 453 g/mol. The number of carbonyl (C=O) groups is 2. The Morgan fingerprint density at radius 2 is 1.70 bits per heavy atom. The van der Waals surface area contributed by atoms with Gasteiger partial charge in [-0.25, -0.2) is 0 Å². The van der Waals surface area contributed by atoms with E-state index in [9.17, 15) is 22.8 Å². The van der Waals surface area contributed by atoms with Crippen molar-refractivity contribution < 1.29 is 22.8 Å². The second kappa shape index (κ2) is 7.75. The number of halogens is 5. The normalized spacial score (nSPS) is 19.9. The number of alkyl halides is 3. The summed E-state index contributed by atoms with van der Waals surface area (Å²) >= 11 is 12.4. The van der Waals surface area contributed by atoms with Gasteiger partial charge in [-0.15, -0.1) is 0 Å². The number of hydrogen-bond donors (Lipinski definition) is 0. The maximum Gasteiger partial charge on any atom is 0.416 e. The number of benzene rings is 2. The first-order valence-electron chi connectivity index (χ1n) is 9.39. The number of Topliss-reactive ketones (excluding diaryl/α,β-unsaturated/α-hetero) is 1. The maximum atomic E-state index is 13.6. The molecule has 2 aliphatic rings. The van der Waals surface area contributed by atoms with Crippen molar-refractivity contribution >= 4 is 40.6 Å². The molecule has 156 valence electrons. The Balaban J connectivity index is 1.93. The molecule has 1 aliphatic heterocycles. The van der Waals surface area contributed by atoms with Gasteiger partial charge in [-0.2, -0.15) is 13.2 Å². The molecule has 0 aromatic heterocycles. The zero-order valence-electron chi connectivity index (χ0n) is 15.6. The van der Waals surface area contributed by atoms with Crippen LogP contribution in [0.25, 0.3) is 0 Å². The Kier molecular flexibility index (Phi) is 5.41. The zero-order valence-corrected chi connectivity index (χ0v) is 17.1. The molecule has 1 unspecified atom stereocenters. The van der Waals surface area contributed by atoms with Crippen LogP contribution in [0.1, 0.15) is 42.7 Å². The number of nitrogens with zero attached hydrogens (tertiary/aromatic N) is 1. The Morgan fingerprint density at radius 3 is 2.43 bits per heavy atom. The van der Waals surface area contributed by atoms with Crippen molar-refractivity contribution in [3.63, 3.8) is 0 Å². The van der Waals surface area contributed by atoms with Gasteiger partial charge in [0, 0.05) is 30.0 Å². The molecule has 0 spiro atoms. The van der Waals surface area contributed by atoms with Crippen LogP contribution in [0.15, 0.2) is 53.7 Å². The summed E-state index contributed by atoms with van der Waals surface area (Å²) in [7, 11) is 0. The van der Waals surface area contributed by atoms with Gasteiger partial charge in [-0.3, -0.25) is 14.5 Å². The number of carbonyl (C=O) groups excluding carboxylic acids is 2. The van der Waals surface area contributed by atoms with Crippen molar-refractivity contribution in [2.45, 2.75) is 37.8 Å². The van der Waals surface area contributed by atoms with Crippen LogP contribution in [0.3, 0.4) is 0 Å². The Hall–Kier alpha value is -2.31. The van der Waals surface area contributed by atoms with E-state index in [0.29, 0.717) is 24.2 Å². The summed E-state index contributed by atoms with van der Waals surface area (Å²) in [6.45, 7) is 0. The average Bonchev–Trinajstić information content (AvgIpc) is 2.69. The van der Waals surface area contributed by atoms with E-state index in [4.69, 9.17) is 23.2 Å². The quantitative estimate of drug-likeness (QED) is 0.517. The third-order valence-electron chi connectivity index (χ3n) is 5.49. The van der Waals surface area contributed by atoms with E-state index < -0.39 is 23.6 Å². The highest BCUT2D eigenvalue weighted by Crippen LogP contribution is 2.47. The van der Waals surface area contributed by atoms with Gasteiger partial charge < -0.3 is 0 Å².